The van der Waals surface area contributed by atoms with Gasteiger partial charge in [-0.25, -0.2) is 0 Å². The third-order valence-corrected chi connectivity index (χ3v) is 3.19. The van der Waals surface area contributed by atoms with Gasteiger partial charge in [-0.3, -0.25) is 4.79 Å². The lowest BCUT2D eigenvalue weighted by Crippen LogP contribution is -2.46. The zero-order chi connectivity index (χ0) is 13.6. The van der Waals surface area contributed by atoms with E-state index in [9.17, 15) is 4.79 Å². The summed E-state index contributed by atoms with van der Waals surface area (Å²) in [6, 6.07) is 7.02. The van der Waals surface area contributed by atoms with Gasteiger partial charge in [-0.2, -0.15) is 0 Å². The van der Waals surface area contributed by atoms with Gasteiger partial charge in [0, 0.05) is 17.7 Å². The second-order valence-corrected chi connectivity index (χ2v) is 4.57. The highest BCUT2D eigenvalue weighted by Gasteiger charge is 2.24. The van der Waals surface area contributed by atoms with E-state index >= 15 is 0 Å². The lowest BCUT2D eigenvalue weighted by molar-refractivity contribution is 0.0886. The van der Waals surface area contributed by atoms with Crippen molar-refractivity contribution in [2.24, 2.45) is 0 Å². The van der Waals surface area contributed by atoms with Crippen molar-refractivity contribution in [3.63, 3.8) is 0 Å². The van der Waals surface area contributed by atoms with Crippen molar-refractivity contribution in [3.8, 4) is 5.75 Å². The molecule has 1 unspecified atom stereocenters. The molecule has 1 rings (SSSR count). The summed E-state index contributed by atoms with van der Waals surface area (Å²) in [5, 5.41) is 12.0. The first kappa shape index (κ1) is 14.5. The maximum absolute atomic E-state index is 12.1. The number of hydrogen-bond donors (Lipinski definition) is 2. The van der Waals surface area contributed by atoms with Gasteiger partial charge in [0.2, 0.25) is 0 Å². The van der Waals surface area contributed by atoms with Crippen LogP contribution in [0, 0.1) is 0 Å². The van der Waals surface area contributed by atoms with Gasteiger partial charge in [-0.1, -0.05) is 13.0 Å². The average molecular weight is 251 g/mol. The first-order chi connectivity index (χ1) is 8.54. The number of nitrogens with one attached hydrogen (secondary N) is 1. The van der Waals surface area contributed by atoms with Crippen LogP contribution in [0.5, 0.6) is 5.75 Å². The molecule has 0 radical (unpaired) electrons. The zero-order valence-electron chi connectivity index (χ0n) is 11.2. The van der Waals surface area contributed by atoms with Crippen LogP contribution in [0.4, 0.5) is 0 Å². The molecule has 0 aliphatic carbocycles. The fourth-order valence-corrected chi connectivity index (χ4v) is 1.68. The Morgan fingerprint density at radius 3 is 2.78 bits per heavy atom. The van der Waals surface area contributed by atoms with Crippen molar-refractivity contribution in [2.45, 2.75) is 32.2 Å². The van der Waals surface area contributed by atoms with Crippen LogP contribution in [-0.2, 0) is 0 Å². The highest BCUT2D eigenvalue weighted by molar-refractivity contribution is 5.95. The number of amides is 1. The van der Waals surface area contributed by atoms with E-state index in [1.165, 1.54) is 0 Å². The molecule has 0 heterocycles. The van der Waals surface area contributed by atoms with E-state index in [-0.39, 0.29) is 18.1 Å². The van der Waals surface area contributed by atoms with E-state index < -0.39 is 0 Å². The van der Waals surface area contributed by atoms with Crippen LogP contribution in [0.3, 0.4) is 0 Å². The number of aliphatic hydroxyl groups is 1. The maximum Gasteiger partial charge on any atom is 0.251 e. The molecule has 0 saturated heterocycles. The molecule has 0 aromatic heterocycles. The zero-order valence-corrected chi connectivity index (χ0v) is 11.2. The second kappa shape index (κ2) is 6.40. The minimum absolute atomic E-state index is 0.0583. The monoisotopic (exact) mass is 251 g/mol. The number of aliphatic hydroxyl groups excluding tert-OH is 1. The predicted octanol–water partition coefficient (Wildman–Crippen LogP) is 1.98. The van der Waals surface area contributed by atoms with Gasteiger partial charge in [0.25, 0.3) is 5.91 Å². The molecular formula is C14H21NO3. The highest BCUT2D eigenvalue weighted by Crippen LogP contribution is 2.17. The Morgan fingerprint density at radius 1 is 1.50 bits per heavy atom. The summed E-state index contributed by atoms with van der Waals surface area (Å²) >= 11 is 0. The Labute approximate surface area is 108 Å². The van der Waals surface area contributed by atoms with Gasteiger partial charge < -0.3 is 15.2 Å². The van der Waals surface area contributed by atoms with Gasteiger partial charge >= 0.3 is 0 Å². The lowest BCUT2D eigenvalue weighted by atomic mass is 9.94. The second-order valence-electron chi connectivity index (χ2n) is 4.57. The van der Waals surface area contributed by atoms with Crippen molar-refractivity contribution in [1.29, 1.82) is 0 Å². The van der Waals surface area contributed by atoms with E-state index in [0.29, 0.717) is 17.7 Å². The first-order valence-corrected chi connectivity index (χ1v) is 6.12. The van der Waals surface area contributed by atoms with E-state index in [2.05, 4.69) is 5.32 Å². The molecule has 4 nitrogen and oxygen atoms in total. The average Bonchev–Trinajstić information content (AvgIpc) is 2.39. The minimum Gasteiger partial charge on any atom is -0.497 e. The molecule has 0 saturated carbocycles. The molecule has 1 aromatic carbocycles. The first-order valence-electron chi connectivity index (χ1n) is 6.12. The molecule has 1 atom stereocenters. The third-order valence-electron chi connectivity index (χ3n) is 3.19. The Kier molecular flexibility index (Phi) is 5.16. The SMILES string of the molecule is CCC(C)(CCO)NC(=O)c1cccc(OC)c1. The molecule has 18 heavy (non-hydrogen) atoms. The Balaban J connectivity index is 2.80. The summed E-state index contributed by atoms with van der Waals surface area (Å²) in [4.78, 5) is 12.1. The Bertz CT molecular complexity index is 406. The van der Waals surface area contributed by atoms with Gasteiger partial charge in [-0.05, 0) is 38.0 Å². The summed E-state index contributed by atoms with van der Waals surface area (Å²) in [5.74, 6) is 0.509. The topological polar surface area (TPSA) is 58.6 Å². The molecule has 0 aliphatic heterocycles. The molecule has 0 aliphatic rings. The van der Waals surface area contributed by atoms with E-state index in [0.717, 1.165) is 6.42 Å². The summed E-state index contributed by atoms with van der Waals surface area (Å²) in [5.41, 5.74) is 0.182. The number of carbonyl (C=O) groups excluding carboxylic acids is 1. The molecule has 0 spiro atoms. The molecule has 1 amide bonds. The quantitative estimate of drug-likeness (QED) is 0.812. The van der Waals surface area contributed by atoms with E-state index in [1.807, 2.05) is 13.8 Å². The molecule has 4 heteroatoms. The van der Waals surface area contributed by atoms with Crippen molar-refractivity contribution >= 4 is 5.91 Å². The van der Waals surface area contributed by atoms with Crippen LogP contribution in [0.1, 0.15) is 37.0 Å². The number of benzene rings is 1. The number of methoxy groups -OCH3 is 1. The van der Waals surface area contributed by atoms with Gasteiger partial charge in [-0.15, -0.1) is 0 Å². The van der Waals surface area contributed by atoms with Crippen LogP contribution in [0.2, 0.25) is 0 Å². The molecular weight excluding hydrogens is 230 g/mol. The number of carbonyl (C=O) groups is 1. The molecule has 1 aromatic rings. The van der Waals surface area contributed by atoms with Crippen LogP contribution < -0.4 is 10.1 Å². The normalized spacial score (nSPS) is 13.8. The smallest absolute Gasteiger partial charge is 0.251 e. The van der Waals surface area contributed by atoms with Crippen molar-refractivity contribution in [1.82, 2.24) is 5.32 Å². The van der Waals surface area contributed by atoms with Crippen LogP contribution in [0.25, 0.3) is 0 Å². The largest absolute Gasteiger partial charge is 0.497 e. The van der Waals surface area contributed by atoms with Gasteiger partial charge in [0.1, 0.15) is 5.75 Å². The van der Waals surface area contributed by atoms with Gasteiger partial charge in [0.15, 0.2) is 0 Å². The molecule has 0 fully saturated rings. The van der Waals surface area contributed by atoms with E-state index in [1.54, 1.807) is 31.4 Å². The van der Waals surface area contributed by atoms with Crippen molar-refractivity contribution in [2.75, 3.05) is 13.7 Å². The highest BCUT2D eigenvalue weighted by atomic mass is 16.5. The Morgan fingerprint density at radius 2 is 2.22 bits per heavy atom. The number of ether oxygens (including phenoxy) is 1. The lowest BCUT2D eigenvalue weighted by Gasteiger charge is -2.29. The van der Waals surface area contributed by atoms with Crippen LogP contribution in [0.15, 0.2) is 24.3 Å². The standard InChI is InChI=1S/C14H21NO3/c1-4-14(2,8-9-16)15-13(17)11-6-5-7-12(10-11)18-3/h5-7,10,16H,4,8-9H2,1-3H3,(H,15,17). The fourth-order valence-electron chi connectivity index (χ4n) is 1.68. The predicted molar refractivity (Wildman–Crippen MR) is 70.9 cm³/mol. The minimum atomic E-state index is -0.380. The summed E-state index contributed by atoms with van der Waals surface area (Å²) in [6.45, 7) is 3.98. The van der Waals surface area contributed by atoms with Crippen LogP contribution >= 0.6 is 0 Å². The molecule has 100 valence electrons. The van der Waals surface area contributed by atoms with Crippen molar-refractivity contribution < 1.29 is 14.6 Å². The summed E-state index contributed by atoms with van der Waals surface area (Å²) in [7, 11) is 1.57. The fraction of sp³-hybridized carbons (Fsp3) is 0.500. The Hall–Kier alpha value is -1.55. The summed E-state index contributed by atoms with van der Waals surface area (Å²) in [6.07, 6.45) is 1.31. The maximum atomic E-state index is 12.1. The van der Waals surface area contributed by atoms with Crippen LogP contribution in [-0.4, -0.2) is 30.3 Å². The summed E-state index contributed by atoms with van der Waals surface area (Å²) < 4.78 is 5.09. The molecule has 2 N–H and O–H groups in total. The van der Waals surface area contributed by atoms with Gasteiger partial charge in [0.05, 0.1) is 7.11 Å². The number of hydrogen-bond acceptors (Lipinski definition) is 3. The molecule has 0 bridgehead atoms. The third kappa shape index (κ3) is 3.74. The number of rotatable bonds is 6. The van der Waals surface area contributed by atoms with Crippen molar-refractivity contribution in [3.05, 3.63) is 29.8 Å². The van der Waals surface area contributed by atoms with E-state index in [4.69, 9.17) is 9.84 Å².